The normalized spacial score (nSPS) is 14.1. The summed E-state index contributed by atoms with van der Waals surface area (Å²) in [5, 5.41) is 0.191. The van der Waals surface area contributed by atoms with E-state index in [1.807, 2.05) is 0 Å². The van der Waals surface area contributed by atoms with Gasteiger partial charge in [-0.05, 0) is 84.1 Å². The molecule has 0 unspecified atom stereocenters. The van der Waals surface area contributed by atoms with Crippen LogP contribution >= 0.6 is 23.4 Å². The Hall–Kier alpha value is -3.95. The van der Waals surface area contributed by atoms with Crippen LogP contribution in [0.4, 0.5) is 4.79 Å². The average molecular weight is 540 g/mol. The van der Waals surface area contributed by atoms with Gasteiger partial charge in [0.1, 0.15) is 18.1 Å². The molecule has 37 heavy (non-hydrogen) atoms. The molecular formula is C27H22ClNO7S. The summed E-state index contributed by atoms with van der Waals surface area (Å²) < 4.78 is 21.6. The SMILES string of the molecule is COc1ccc(C(=O)Oc2cc(/C=C3\SC(=O)N(CCOc4ccc(Cl)cc4)C3=O)ccc2OC)cc1. The summed E-state index contributed by atoms with van der Waals surface area (Å²) in [7, 11) is 2.99. The molecule has 0 atom stereocenters. The third-order valence-electron chi connectivity index (χ3n) is 5.28. The molecule has 1 aliphatic rings. The number of halogens is 1. The third-order valence-corrected chi connectivity index (χ3v) is 6.44. The summed E-state index contributed by atoms with van der Waals surface area (Å²) in [6.45, 7) is 0.235. The first-order valence-corrected chi connectivity index (χ1v) is 12.3. The second kappa shape index (κ2) is 11.9. The van der Waals surface area contributed by atoms with E-state index in [2.05, 4.69) is 0 Å². The number of carbonyl (C=O) groups excluding carboxylic acids is 3. The quantitative estimate of drug-likeness (QED) is 0.194. The van der Waals surface area contributed by atoms with Gasteiger partial charge in [0.25, 0.3) is 11.1 Å². The molecule has 1 fully saturated rings. The number of benzene rings is 3. The molecule has 0 saturated carbocycles. The van der Waals surface area contributed by atoms with Crippen molar-refractivity contribution in [1.29, 1.82) is 0 Å². The predicted molar refractivity (Wildman–Crippen MR) is 141 cm³/mol. The van der Waals surface area contributed by atoms with E-state index in [9.17, 15) is 14.4 Å². The summed E-state index contributed by atoms with van der Waals surface area (Å²) in [5.41, 5.74) is 0.886. The Morgan fingerprint density at radius 2 is 1.62 bits per heavy atom. The fraction of sp³-hybridized carbons (Fsp3) is 0.148. The van der Waals surface area contributed by atoms with E-state index in [1.54, 1.807) is 72.8 Å². The van der Waals surface area contributed by atoms with Crippen molar-refractivity contribution >= 4 is 46.6 Å². The van der Waals surface area contributed by atoms with E-state index in [0.29, 0.717) is 33.4 Å². The van der Waals surface area contributed by atoms with E-state index < -0.39 is 17.1 Å². The zero-order chi connectivity index (χ0) is 26.4. The number of thioether (sulfide) groups is 1. The minimum atomic E-state index is -0.584. The van der Waals surface area contributed by atoms with Gasteiger partial charge in [0.15, 0.2) is 11.5 Å². The summed E-state index contributed by atoms with van der Waals surface area (Å²) >= 11 is 6.69. The van der Waals surface area contributed by atoms with Crippen LogP contribution in [0.3, 0.4) is 0 Å². The van der Waals surface area contributed by atoms with Crippen molar-refractivity contribution in [3.63, 3.8) is 0 Å². The number of hydrogen-bond acceptors (Lipinski definition) is 8. The molecule has 0 aromatic heterocycles. The molecule has 0 aliphatic carbocycles. The second-order valence-corrected chi connectivity index (χ2v) is 9.09. The number of methoxy groups -OCH3 is 2. The molecule has 0 radical (unpaired) electrons. The Morgan fingerprint density at radius 3 is 2.30 bits per heavy atom. The molecule has 3 aromatic carbocycles. The van der Waals surface area contributed by atoms with Gasteiger partial charge in [-0.3, -0.25) is 14.5 Å². The van der Waals surface area contributed by atoms with Crippen molar-refractivity contribution in [2.45, 2.75) is 0 Å². The van der Waals surface area contributed by atoms with Crippen LogP contribution in [0.2, 0.25) is 5.02 Å². The molecule has 1 aliphatic heterocycles. The number of esters is 1. The topological polar surface area (TPSA) is 91.4 Å². The maximum absolute atomic E-state index is 12.9. The lowest BCUT2D eigenvalue weighted by Crippen LogP contribution is -2.32. The number of hydrogen-bond donors (Lipinski definition) is 0. The molecule has 1 heterocycles. The lowest BCUT2D eigenvalue weighted by molar-refractivity contribution is -0.123. The standard InChI is InChI=1S/C27H22ClNO7S/c1-33-20-8-4-18(5-9-20)26(31)36-23-15-17(3-12-22(23)34-2)16-24-25(30)29(27(32)37-24)13-14-35-21-10-6-19(28)7-11-21/h3-12,15-16H,13-14H2,1-2H3/b24-16-. The molecule has 190 valence electrons. The summed E-state index contributed by atoms with van der Waals surface area (Å²) in [4.78, 5) is 39.3. The van der Waals surface area contributed by atoms with Gasteiger partial charge in [-0.15, -0.1) is 0 Å². The third kappa shape index (κ3) is 6.44. The van der Waals surface area contributed by atoms with E-state index >= 15 is 0 Å². The van der Waals surface area contributed by atoms with Crippen molar-refractivity contribution < 1.29 is 33.3 Å². The van der Waals surface area contributed by atoms with Gasteiger partial charge in [-0.25, -0.2) is 4.79 Å². The number of carbonyl (C=O) groups is 3. The smallest absolute Gasteiger partial charge is 0.343 e. The van der Waals surface area contributed by atoms with Crippen LogP contribution in [0.25, 0.3) is 6.08 Å². The van der Waals surface area contributed by atoms with E-state index in [-0.39, 0.29) is 23.8 Å². The highest BCUT2D eigenvalue weighted by Gasteiger charge is 2.34. The monoisotopic (exact) mass is 539 g/mol. The fourth-order valence-corrected chi connectivity index (χ4v) is 4.37. The minimum Gasteiger partial charge on any atom is -0.497 e. The summed E-state index contributed by atoms with van der Waals surface area (Å²) in [5.74, 6) is 0.698. The van der Waals surface area contributed by atoms with Gasteiger partial charge in [-0.2, -0.15) is 0 Å². The van der Waals surface area contributed by atoms with Gasteiger partial charge in [-0.1, -0.05) is 17.7 Å². The van der Waals surface area contributed by atoms with Gasteiger partial charge in [0, 0.05) is 5.02 Å². The number of rotatable bonds is 9. The predicted octanol–water partition coefficient (Wildman–Crippen LogP) is 5.69. The van der Waals surface area contributed by atoms with Crippen LogP contribution in [-0.2, 0) is 4.79 Å². The van der Waals surface area contributed by atoms with E-state index in [0.717, 1.165) is 16.7 Å². The minimum absolute atomic E-state index is 0.0952. The van der Waals surface area contributed by atoms with Crippen molar-refractivity contribution in [1.82, 2.24) is 4.90 Å². The molecule has 4 rings (SSSR count). The Morgan fingerprint density at radius 1 is 0.919 bits per heavy atom. The first-order valence-electron chi connectivity index (χ1n) is 11.1. The molecule has 1 saturated heterocycles. The van der Waals surface area contributed by atoms with Crippen LogP contribution in [0, 0.1) is 0 Å². The van der Waals surface area contributed by atoms with Crippen molar-refractivity contribution in [2.24, 2.45) is 0 Å². The van der Waals surface area contributed by atoms with Crippen molar-refractivity contribution in [3.8, 4) is 23.0 Å². The van der Waals surface area contributed by atoms with Crippen LogP contribution < -0.4 is 18.9 Å². The van der Waals surface area contributed by atoms with Crippen LogP contribution in [-0.4, -0.2) is 49.4 Å². The molecule has 3 aromatic rings. The Kier molecular flexibility index (Phi) is 8.37. The van der Waals surface area contributed by atoms with E-state index in [4.69, 9.17) is 30.5 Å². The first-order chi connectivity index (χ1) is 17.9. The lowest BCUT2D eigenvalue weighted by atomic mass is 10.1. The van der Waals surface area contributed by atoms with Gasteiger partial charge in [0.2, 0.25) is 0 Å². The maximum atomic E-state index is 12.9. The molecule has 0 N–H and O–H groups in total. The van der Waals surface area contributed by atoms with Crippen LogP contribution in [0.1, 0.15) is 15.9 Å². The van der Waals surface area contributed by atoms with E-state index in [1.165, 1.54) is 14.2 Å². The van der Waals surface area contributed by atoms with Crippen molar-refractivity contribution in [2.75, 3.05) is 27.4 Å². The average Bonchev–Trinajstić information content (AvgIpc) is 3.17. The Labute approximate surface area is 222 Å². The molecule has 0 bridgehead atoms. The number of ether oxygens (including phenoxy) is 4. The molecule has 0 spiro atoms. The van der Waals surface area contributed by atoms with Gasteiger partial charge in [0.05, 0.1) is 31.2 Å². The first kappa shape index (κ1) is 26.1. The van der Waals surface area contributed by atoms with Gasteiger partial charge >= 0.3 is 5.97 Å². The maximum Gasteiger partial charge on any atom is 0.343 e. The molecular weight excluding hydrogens is 518 g/mol. The zero-order valence-electron chi connectivity index (χ0n) is 19.9. The number of imide groups is 1. The molecule has 10 heteroatoms. The van der Waals surface area contributed by atoms with Crippen LogP contribution in [0.5, 0.6) is 23.0 Å². The second-order valence-electron chi connectivity index (χ2n) is 7.66. The summed E-state index contributed by atoms with van der Waals surface area (Å²) in [6, 6.07) is 18.2. The van der Waals surface area contributed by atoms with Crippen LogP contribution in [0.15, 0.2) is 71.6 Å². The van der Waals surface area contributed by atoms with Gasteiger partial charge < -0.3 is 18.9 Å². The fourth-order valence-electron chi connectivity index (χ4n) is 3.38. The number of nitrogens with zero attached hydrogens (tertiary/aromatic N) is 1. The Bertz CT molecular complexity index is 1340. The Balaban J connectivity index is 1.44. The zero-order valence-corrected chi connectivity index (χ0v) is 21.5. The highest BCUT2D eigenvalue weighted by molar-refractivity contribution is 8.18. The summed E-state index contributed by atoms with van der Waals surface area (Å²) in [6.07, 6.45) is 1.56. The molecule has 2 amide bonds. The highest BCUT2D eigenvalue weighted by atomic mass is 35.5. The highest BCUT2D eigenvalue weighted by Crippen LogP contribution is 2.35. The number of amides is 2. The molecule has 8 nitrogen and oxygen atoms in total. The lowest BCUT2D eigenvalue weighted by Gasteiger charge is -2.13. The largest absolute Gasteiger partial charge is 0.497 e. The van der Waals surface area contributed by atoms with Crippen molar-refractivity contribution in [3.05, 3.63) is 87.8 Å².